The first-order chi connectivity index (χ1) is 10.9. The lowest BCUT2D eigenvalue weighted by Crippen LogP contribution is -2.41. The molecule has 1 aliphatic rings. The summed E-state index contributed by atoms with van der Waals surface area (Å²) in [6.45, 7) is 9.07. The summed E-state index contributed by atoms with van der Waals surface area (Å²) in [7, 11) is -0.325. The summed E-state index contributed by atoms with van der Waals surface area (Å²) >= 11 is 0. The summed E-state index contributed by atoms with van der Waals surface area (Å²) in [4.78, 5) is 0. The molecule has 1 N–H and O–H groups in total. The van der Waals surface area contributed by atoms with Crippen molar-refractivity contribution < 1.29 is 9.31 Å². The van der Waals surface area contributed by atoms with Crippen molar-refractivity contribution in [1.29, 1.82) is 0 Å². The molecule has 0 bridgehead atoms. The van der Waals surface area contributed by atoms with Crippen molar-refractivity contribution in [3.63, 3.8) is 0 Å². The van der Waals surface area contributed by atoms with E-state index in [0.29, 0.717) is 0 Å². The predicted molar refractivity (Wildman–Crippen MR) is 95.9 cm³/mol. The topological polar surface area (TPSA) is 30.5 Å². The van der Waals surface area contributed by atoms with Crippen LogP contribution in [0.5, 0.6) is 0 Å². The van der Waals surface area contributed by atoms with Crippen LogP contribution in [-0.2, 0) is 15.9 Å². The SMILES string of the molecule is CC1(C)OB(c2ccccc2CNc2ccccc2)OC1(C)C. The Hall–Kier alpha value is -1.78. The largest absolute Gasteiger partial charge is 0.495 e. The highest BCUT2D eigenvalue weighted by atomic mass is 16.7. The fraction of sp³-hybridized carbons (Fsp3) is 0.368. The van der Waals surface area contributed by atoms with Gasteiger partial charge in [-0.2, -0.15) is 0 Å². The zero-order valence-electron chi connectivity index (χ0n) is 14.3. The van der Waals surface area contributed by atoms with E-state index in [-0.39, 0.29) is 18.3 Å². The third-order valence-corrected chi connectivity index (χ3v) is 4.82. The van der Waals surface area contributed by atoms with Gasteiger partial charge in [-0.05, 0) is 50.9 Å². The molecule has 0 saturated carbocycles. The van der Waals surface area contributed by atoms with E-state index in [4.69, 9.17) is 9.31 Å². The lowest BCUT2D eigenvalue weighted by Gasteiger charge is -2.32. The molecule has 3 nitrogen and oxygen atoms in total. The Morgan fingerprint density at radius 1 is 0.826 bits per heavy atom. The van der Waals surface area contributed by atoms with E-state index < -0.39 is 0 Å². The molecule has 1 fully saturated rings. The Balaban J connectivity index is 1.79. The highest BCUT2D eigenvalue weighted by molar-refractivity contribution is 6.62. The summed E-state index contributed by atoms with van der Waals surface area (Å²) in [6.07, 6.45) is 0. The maximum Gasteiger partial charge on any atom is 0.495 e. The van der Waals surface area contributed by atoms with E-state index in [1.807, 2.05) is 24.3 Å². The molecule has 1 heterocycles. The van der Waals surface area contributed by atoms with Gasteiger partial charge in [0.2, 0.25) is 0 Å². The number of rotatable bonds is 4. The minimum Gasteiger partial charge on any atom is -0.399 e. The van der Waals surface area contributed by atoms with Gasteiger partial charge < -0.3 is 14.6 Å². The first-order valence-corrected chi connectivity index (χ1v) is 8.11. The molecule has 0 atom stereocenters. The second-order valence-electron chi connectivity index (χ2n) is 7.01. The molecule has 0 unspecified atom stereocenters. The van der Waals surface area contributed by atoms with Crippen LogP contribution in [0.1, 0.15) is 33.3 Å². The molecule has 0 amide bonds. The van der Waals surface area contributed by atoms with Gasteiger partial charge in [-0.25, -0.2) is 0 Å². The van der Waals surface area contributed by atoms with E-state index in [0.717, 1.165) is 17.7 Å². The van der Waals surface area contributed by atoms with Gasteiger partial charge in [-0.15, -0.1) is 0 Å². The number of anilines is 1. The summed E-state index contributed by atoms with van der Waals surface area (Å²) in [6, 6.07) is 18.5. The van der Waals surface area contributed by atoms with Crippen molar-refractivity contribution in [2.24, 2.45) is 0 Å². The third kappa shape index (κ3) is 3.28. The van der Waals surface area contributed by atoms with Gasteiger partial charge in [-0.3, -0.25) is 0 Å². The molecule has 3 rings (SSSR count). The average molecular weight is 309 g/mol. The number of nitrogens with one attached hydrogen (secondary N) is 1. The summed E-state index contributed by atoms with van der Waals surface area (Å²) in [5.41, 5.74) is 2.75. The van der Waals surface area contributed by atoms with Gasteiger partial charge in [-0.1, -0.05) is 42.5 Å². The monoisotopic (exact) mass is 309 g/mol. The Morgan fingerprint density at radius 3 is 2.04 bits per heavy atom. The molecule has 0 radical (unpaired) electrons. The average Bonchev–Trinajstić information content (AvgIpc) is 2.75. The van der Waals surface area contributed by atoms with Crippen molar-refractivity contribution in [2.75, 3.05) is 5.32 Å². The lowest BCUT2D eigenvalue weighted by molar-refractivity contribution is 0.00578. The molecule has 2 aromatic rings. The van der Waals surface area contributed by atoms with Crippen molar-refractivity contribution in [1.82, 2.24) is 0 Å². The number of benzene rings is 2. The van der Waals surface area contributed by atoms with Gasteiger partial charge in [0, 0.05) is 12.2 Å². The van der Waals surface area contributed by atoms with Crippen LogP contribution in [0.4, 0.5) is 5.69 Å². The van der Waals surface area contributed by atoms with Gasteiger partial charge in [0.05, 0.1) is 11.2 Å². The minimum absolute atomic E-state index is 0.322. The maximum absolute atomic E-state index is 6.19. The van der Waals surface area contributed by atoms with E-state index >= 15 is 0 Å². The number of hydrogen-bond acceptors (Lipinski definition) is 3. The Morgan fingerprint density at radius 2 is 1.39 bits per heavy atom. The van der Waals surface area contributed by atoms with E-state index in [1.165, 1.54) is 5.56 Å². The maximum atomic E-state index is 6.19. The van der Waals surface area contributed by atoms with Crippen molar-refractivity contribution in [3.05, 3.63) is 60.2 Å². The lowest BCUT2D eigenvalue weighted by atomic mass is 9.76. The minimum atomic E-state index is -0.325. The molecule has 2 aromatic carbocycles. The molecule has 23 heavy (non-hydrogen) atoms. The molecule has 1 aliphatic heterocycles. The highest BCUT2D eigenvalue weighted by Gasteiger charge is 2.52. The van der Waals surface area contributed by atoms with Crippen LogP contribution >= 0.6 is 0 Å². The van der Waals surface area contributed by atoms with E-state index in [1.54, 1.807) is 0 Å². The fourth-order valence-corrected chi connectivity index (χ4v) is 2.65. The summed E-state index contributed by atoms with van der Waals surface area (Å²) < 4.78 is 12.4. The molecule has 1 saturated heterocycles. The molecule has 0 spiro atoms. The standard InChI is InChI=1S/C19H24BNO2/c1-18(2)19(3,4)23-20(22-18)17-13-9-8-10-15(17)14-21-16-11-6-5-7-12-16/h5-13,21H,14H2,1-4H3. The van der Waals surface area contributed by atoms with Crippen LogP contribution in [0.25, 0.3) is 0 Å². The van der Waals surface area contributed by atoms with Crippen molar-refractivity contribution in [3.8, 4) is 0 Å². The normalized spacial score (nSPS) is 18.9. The molecule has 0 aromatic heterocycles. The number of hydrogen-bond donors (Lipinski definition) is 1. The summed E-state index contributed by atoms with van der Waals surface area (Å²) in [5, 5.41) is 3.46. The molecule has 0 aliphatic carbocycles. The molecular formula is C19H24BNO2. The Bertz CT molecular complexity index is 654. The first-order valence-electron chi connectivity index (χ1n) is 8.11. The molecule has 4 heteroatoms. The van der Waals surface area contributed by atoms with Crippen LogP contribution in [-0.4, -0.2) is 18.3 Å². The molecular weight excluding hydrogens is 285 g/mol. The predicted octanol–water partition coefficient (Wildman–Crippen LogP) is 3.60. The second-order valence-corrected chi connectivity index (χ2v) is 7.01. The second kappa shape index (κ2) is 6.02. The third-order valence-electron chi connectivity index (χ3n) is 4.82. The van der Waals surface area contributed by atoms with Gasteiger partial charge in [0.1, 0.15) is 0 Å². The van der Waals surface area contributed by atoms with Crippen LogP contribution < -0.4 is 10.8 Å². The summed E-state index contributed by atoms with van der Waals surface area (Å²) in [5.74, 6) is 0. The van der Waals surface area contributed by atoms with Gasteiger partial charge >= 0.3 is 7.12 Å². The van der Waals surface area contributed by atoms with Gasteiger partial charge in [0.15, 0.2) is 0 Å². The fourth-order valence-electron chi connectivity index (χ4n) is 2.65. The first kappa shape index (κ1) is 16.1. The van der Waals surface area contributed by atoms with E-state index in [2.05, 4.69) is 63.3 Å². The van der Waals surface area contributed by atoms with Crippen LogP contribution in [0.3, 0.4) is 0 Å². The quantitative estimate of drug-likeness (QED) is 0.875. The Labute approximate surface area is 139 Å². The van der Waals surface area contributed by atoms with Crippen molar-refractivity contribution in [2.45, 2.75) is 45.4 Å². The zero-order chi connectivity index (χ0) is 16.5. The van der Waals surface area contributed by atoms with Crippen LogP contribution in [0.2, 0.25) is 0 Å². The van der Waals surface area contributed by atoms with Crippen LogP contribution in [0.15, 0.2) is 54.6 Å². The van der Waals surface area contributed by atoms with Crippen LogP contribution in [0, 0.1) is 0 Å². The Kier molecular flexibility index (Phi) is 4.22. The number of para-hydroxylation sites is 1. The molecule has 120 valence electrons. The van der Waals surface area contributed by atoms with E-state index in [9.17, 15) is 0 Å². The zero-order valence-corrected chi connectivity index (χ0v) is 14.3. The smallest absolute Gasteiger partial charge is 0.399 e. The highest BCUT2D eigenvalue weighted by Crippen LogP contribution is 2.36. The van der Waals surface area contributed by atoms with Gasteiger partial charge in [0.25, 0.3) is 0 Å². The van der Waals surface area contributed by atoms with Crippen molar-refractivity contribution >= 4 is 18.3 Å².